The third-order valence-electron chi connectivity index (χ3n) is 8.01. The average molecular weight is 513 g/mol. The molecule has 2 aliphatic carbocycles. The molecular formula is C36H48O2. The molecule has 1 fully saturated rings. The minimum atomic E-state index is 0.398. The fraction of sp³-hybridized carbons (Fsp3) is 0.500. The van der Waals surface area contributed by atoms with Crippen LogP contribution >= 0.6 is 0 Å². The van der Waals surface area contributed by atoms with Gasteiger partial charge in [0.2, 0.25) is 0 Å². The fourth-order valence-corrected chi connectivity index (χ4v) is 5.66. The Hall–Kier alpha value is -2.74. The molecule has 0 saturated heterocycles. The molecule has 4 rings (SSSR count). The van der Waals surface area contributed by atoms with E-state index in [0.717, 1.165) is 31.0 Å². The number of rotatable bonds is 14. The molecular weight excluding hydrogens is 464 g/mol. The van der Waals surface area contributed by atoms with E-state index >= 15 is 0 Å². The first kappa shape index (κ1) is 28.3. The second-order valence-electron chi connectivity index (χ2n) is 11.1. The molecule has 0 amide bonds. The van der Waals surface area contributed by atoms with Crippen molar-refractivity contribution in [2.24, 2.45) is 0 Å². The Kier molecular flexibility index (Phi) is 11.6. The SMILES string of the molecule is CCCCCCCCCCOc1ccc(-c2ccccc2)c(C2=CCC(=C(C)OC3CCCCC3)C=C2)c1. The molecule has 0 unspecified atom stereocenters. The van der Waals surface area contributed by atoms with Crippen LogP contribution in [0.5, 0.6) is 5.75 Å². The van der Waals surface area contributed by atoms with E-state index in [1.54, 1.807) is 0 Å². The van der Waals surface area contributed by atoms with Crippen LogP contribution in [-0.2, 0) is 4.74 Å². The Balaban J connectivity index is 1.40. The van der Waals surface area contributed by atoms with Crippen LogP contribution < -0.4 is 4.74 Å². The number of hydrogen-bond donors (Lipinski definition) is 0. The first-order valence-electron chi connectivity index (χ1n) is 15.3. The van der Waals surface area contributed by atoms with Gasteiger partial charge in [-0.2, -0.15) is 0 Å². The van der Waals surface area contributed by atoms with E-state index < -0.39 is 0 Å². The first-order valence-corrected chi connectivity index (χ1v) is 15.3. The monoisotopic (exact) mass is 512 g/mol. The molecule has 2 nitrogen and oxygen atoms in total. The van der Waals surface area contributed by atoms with Gasteiger partial charge in [-0.25, -0.2) is 0 Å². The van der Waals surface area contributed by atoms with E-state index in [9.17, 15) is 0 Å². The molecule has 0 radical (unpaired) electrons. The summed E-state index contributed by atoms with van der Waals surface area (Å²) in [5.74, 6) is 2.06. The van der Waals surface area contributed by atoms with Gasteiger partial charge in [0, 0.05) is 0 Å². The molecule has 2 aromatic carbocycles. The van der Waals surface area contributed by atoms with Crippen LogP contribution in [-0.4, -0.2) is 12.7 Å². The lowest BCUT2D eigenvalue weighted by Crippen LogP contribution is -2.16. The second-order valence-corrected chi connectivity index (χ2v) is 11.1. The lowest BCUT2D eigenvalue weighted by atomic mass is 9.90. The lowest BCUT2D eigenvalue weighted by molar-refractivity contribution is 0.0819. The zero-order chi connectivity index (χ0) is 26.4. The molecule has 0 spiro atoms. The van der Waals surface area contributed by atoms with Crippen molar-refractivity contribution in [1.82, 2.24) is 0 Å². The molecule has 0 aliphatic heterocycles. The minimum Gasteiger partial charge on any atom is -0.495 e. The van der Waals surface area contributed by atoms with E-state index in [0.29, 0.717) is 6.10 Å². The predicted molar refractivity (Wildman–Crippen MR) is 162 cm³/mol. The fourth-order valence-electron chi connectivity index (χ4n) is 5.66. The summed E-state index contributed by atoms with van der Waals surface area (Å²) in [4.78, 5) is 0. The molecule has 0 atom stereocenters. The summed E-state index contributed by atoms with van der Waals surface area (Å²) < 4.78 is 12.6. The molecule has 2 aromatic rings. The Morgan fingerprint density at radius 1 is 0.789 bits per heavy atom. The summed E-state index contributed by atoms with van der Waals surface area (Å²) in [5, 5.41) is 0. The summed E-state index contributed by atoms with van der Waals surface area (Å²) >= 11 is 0. The third-order valence-corrected chi connectivity index (χ3v) is 8.01. The van der Waals surface area contributed by atoms with Crippen LogP contribution in [0.2, 0.25) is 0 Å². The lowest BCUT2D eigenvalue weighted by Gasteiger charge is -2.25. The van der Waals surface area contributed by atoms with Gasteiger partial charge in [0.05, 0.1) is 18.5 Å². The number of ether oxygens (including phenoxy) is 2. The van der Waals surface area contributed by atoms with Crippen LogP contribution in [0.25, 0.3) is 16.7 Å². The van der Waals surface area contributed by atoms with Gasteiger partial charge < -0.3 is 9.47 Å². The zero-order valence-corrected chi connectivity index (χ0v) is 23.9. The van der Waals surface area contributed by atoms with Gasteiger partial charge >= 0.3 is 0 Å². The number of unbranched alkanes of at least 4 members (excludes halogenated alkanes) is 7. The van der Waals surface area contributed by atoms with Crippen molar-refractivity contribution >= 4 is 5.57 Å². The van der Waals surface area contributed by atoms with Gasteiger partial charge in [-0.15, -0.1) is 0 Å². The second kappa shape index (κ2) is 15.6. The highest BCUT2D eigenvalue weighted by Gasteiger charge is 2.17. The molecule has 1 saturated carbocycles. The summed E-state index contributed by atoms with van der Waals surface area (Å²) in [6, 6.07) is 17.3. The van der Waals surface area contributed by atoms with Crippen molar-refractivity contribution in [3.05, 3.63) is 83.7 Å². The van der Waals surface area contributed by atoms with Crippen molar-refractivity contribution in [2.75, 3.05) is 6.61 Å². The summed E-state index contributed by atoms with van der Waals surface area (Å²) in [6.07, 6.45) is 25.0. The molecule has 0 aromatic heterocycles. The van der Waals surface area contributed by atoms with Gasteiger partial charge in [0.1, 0.15) is 5.75 Å². The van der Waals surface area contributed by atoms with Crippen molar-refractivity contribution in [1.29, 1.82) is 0 Å². The molecule has 204 valence electrons. The van der Waals surface area contributed by atoms with Gasteiger partial charge in [0.25, 0.3) is 0 Å². The highest BCUT2D eigenvalue weighted by atomic mass is 16.5. The largest absolute Gasteiger partial charge is 0.495 e. The average Bonchev–Trinajstić information content (AvgIpc) is 2.97. The Bertz CT molecular complexity index is 1070. The predicted octanol–water partition coefficient (Wildman–Crippen LogP) is 10.8. The zero-order valence-electron chi connectivity index (χ0n) is 23.9. The highest BCUT2D eigenvalue weighted by molar-refractivity contribution is 5.87. The van der Waals surface area contributed by atoms with E-state index in [1.807, 2.05) is 0 Å². The molecule has 2 heteroatoms. The van der Waals surface area contributed by atoms with Crippen LogP contribution in [0.3, 0.4) is 0 Å². The van der Waals surface area contributed by atoms with Crippen LogP contribution in [0.1, 0.15) is 109 Å². The van der Waals surface area contributed by atoms with Crippen LogP contribution in [0, 0.1) is 0 Å². The number of allylic oxidation sites excluding steroid dienone is 6. The Morgan fingerprint density at radius 3 is 2.24 bits per heavy atom. The Labute approximate surface area is 231 Å². The van der Waals surface area contributed by atoms with Crippen molar-refractivity contribution in [2.45, 2.75) is 110 Å². The first-order chi connectivity index (χ1) is 18.7. The van der Waals surface area contributed by atoms with Gasteiger partial charge in [-0.05, 0) is 85.4 Å². The highest BCUT2D eigenvalue weighted by Crippen LogP contribution is 2.36. The molecule has 0 N–H and O–H groups in total. The van der Waals surface area contributed by atoms with Crippen molar-refractivity contribution < 1.29 is 9.47 Å². The third kappa shape index (κ3) is 8.65. The van der Waals surface area contributed by atoms with E-state index in [1.165, 1.54) is 105 Å². The maximum absolute atomic E-state index is 6.36. The van der Waals surface area contributed by atoms with E-state index in [4.69, 9.17) is 9.47 Å². The molecule has 2 aliphatic rings. The van der Waals surface area contributed by atoms with E-state index in [-0.39, 0.29) is 0 Å². The molecule has 0 bridgehead atoms. The molecule has 0 heterocycles. The maximum Gasteiger partial charge on any atom is 0.119 e. The minimum absolute atomic E-state index is 0.398. The van der Waals surface area contributed by atoms with Crippen LogP contribution in [0.4, 0.5) is 0 Å². The quantitative estimate of drug-likeness (QED) is 0.185. The standard InChI is InChI=1S/C36H48O2/c1-3-4-5-6-7-8-9-16-27-37-34-25-26-35(31-17-12-10-13-18-31)36(28-34)32-23-21-30(22-24-32)29(2)38-33-19-14-11-15-20-33/h10,12-13,17-18,21,23-26,28,33H,3-9,11,14-16,19-20,22,27H2,1-2H3. The van der Waals surface area contributed by atoms with Gasteiger partial charge in [-0.3, -0.25) is 0 Å². The summed E-state index contributed by atoms with van der Waals surface area (Å²) in [6.45, 7) is 5.21. The van der Waals surface area contributed by atoms with Crippen molar-refractivity contribution in [3.63, 3.8) is 0 Å². The number of hydrogen-bond acceptors (Lipinski definition) is 2. The summed E-state index contributed by atoms with van der Waals surface area (Å²) in [7, 11) is 0. The van der Waals surface area contributed by atoms with Gasteiger partial charge in [0.15, 0.2) is 0 Å². The normalized spacial score (nSPS) is 17.3. The summed E-state index contributed by atoms with van der Waals surface area (Å²) in [5.41, 5.74) is 6.29. The topological polar surface area (TPSA) is 18.5 Å². The van der Waals surface area contributed by atoms with Crippen molar-refractivity contribution in [3.8, 4) is 16.9 Å². The van der Waals surface area contributed by atoms with Crippen LogP contribution in [0.15, 0.2) is 78.1 Å². The number of benzene rings is 2. The molecule has 38 heavy (non-hydrogen) atoms. The van der Waals surface area contributed by atoms with E-state index in [2.05, 4.69) is 80.6 Å². The van der Waals surface area contributed by atoms with Gasteiger partial charge in [-0.1, -0.05) is 113 Å². The Morgan fingerprint density at radius 2 is 1.53 bits per heavy atom. The smallest absolute Gasteiger partial charge is 0.119 e. The maximum atomic E-state index is 6.36.